The van der Waals surface area contributed by atoms with Crippen LogP contribution < -0.4 is 9.47 Å². The summed E-state index contributed by atoms with van der Waals surface area (Å²) in [6.07, 6.45) is 2.70. The first-order valence-electron chi connectivity index (χ1n) is 12.1. The first-order valence-corrected chi connectivity index (χ1v) is 15.6. The van der Waals surface area contributed by atoms with Gasteiger partial charge in [0.25, 0.3) is 0 Å². The minimum atomic E-state index is -4.09. The second kappa shape index (κ2) is 13.1. The molecule has 0 aromatic heterocycles. The normalized spacial score (nSPS) is 12.1. The maximum atomic E-state index is 12.7. The molecule has 0 N–H and O–H groups in total. The quantitative estimate of drug-likeness (QED) is 0.203. The van der Waals surface area contributed by atoms with Crippen LogP contribution in [0.5, 0.6) is 11.5 Å². The Morgan fingerprint density at radius 3 is 1.26 bits per heavy atom. The zero-order chi connectivity index (χ0) is 27.6. The van der Waals surface area contributed by atoms with Crippen LogP contribution in [0.3, 0.4) is 0 Å². The average Bonchev–Trinajstić information content (AvgIpc) is 2.94. The van der Waals surface area contributed by atoms with Crippen molar-refractivity contribution in [3.05, 3.63) is 142 Å². The SMILES string of the molecule is O=S(=O)(/C=C/c1ccccc1OCc1ccccc1)CS(=O)(=O)/C=C/c1ccccc1OCc1ccccc1. The van der Waals surface area contributed by atoms with E-state index in [0.717, 1.165) is 21.9 Å². The molecule has 0 aliphatic heterocycles. The molecule has 0 saturated carbocycles. The van der Waals surface area contributed by atoms with Gasteiger partial charge in [0.15, 0.2) is 24.8 Å². The third kappa shape index (κ3) is 8.98. The molecule has 0 atom stereocenters. The third-order valence-corrected chi connectivity index (χ3v) is 9.28. The number of rotatable bonds is 12. The molecule has 4 aromatic carbocycles. The van der Waals surface area contributed by atoms with Crippen molar-refractivity contribution in [2.24, 2.45) is 0 Å². The highest BCUT2D eigenvalue weighted by Gasteiger charge is 2.18. The molecule has 0 unspecified atom stereocenters. The van der Waals surface area contributed by atoms with E-state index >= 15 is 0 Å². The van der Waals surface area contributed by atoms with Gasteiger partial charge in [-0.05, 0) is 35.4 Å². The molecule has 0 fully saturated rings. The van der Waals surface area contributed by atoms with E-state index in [0.29, 0.717) is 35.8 Å². The van der Waals surface area contributed by atoms with Crippen molar-refractivity contribution in [2.75, 3.05) is 5.08 Å². The second-order valence-electron chi connectivity index (χ2n) is 8.67. The Kier molecular flexibility index (Phi) is 9.35. The average molecular weight is 561 g/mol. The Morgan fingerprint density at radius 1 is 0.487 bits per heavy atom. The number of sulfone groups is 2. The van der Waals surface area contributed by atoms with Crippen molar-refractivity contribution in [1.29, 1.82) is 0 Å². The molecule has 0 heterocycles. The predicted octanol–water partition coefficient (Wildman–Crippen LogP) is 6.27. The van der Waals surface area contributed by atoms with E-state index in [9.17, 15) is 16.8 Å². The lowest BCUT2D eigenvalue weighted by Crippen LogP contribution is -2.11. The van der Waals surface area contributed by atoms with Crippen molar-refractivity contribution >= 4 is 31.8 Å². The molecular weight excluding hydrogens is 532 g/mol. The van der Waals surface area contributed by atoms with Gasteiger partial charge < -0.3 is 9.47 Å². The molecule has 39 heavy (non-hydrogen) atoms. The van der Waals surface area contributed by atoms with Gasteiger partial charge in [0, 0.05) is 21.9 Å². The summed E-state index contributed by atoms with van der Waals surface area (Å²) in [7, 11) is -8.18. The van der Waals surface area contributed by atoms with Gasteiger partial charge in [-0.1, -0.05) is 97.1 Å². The lowest BCUT2D eigenvalue weighted by atomic mass is 10.2. The van der Waals surface area contributed by atoms with E-state index < -0.39 is 24.8 Å². The van der Waals surface area contributed by atoms with E-state index in [4.69, 9.17) is 9.47 Å². The minimum absolute atomic E-state index is 0.314. The maximum Gasteiger partial charge on any atom is 0.186 e. The molecule has 8 heteroatoms. The smallest absolute Gasteiger partial charge is 0.186 e. The molecular formula is C31H28O6S2. The maximum absolute atomic E-state index is 12.7. The van der Waals surface area contributed by atoms with Crippen molar-refractivity contribution in [2.45, 2.75) is 13.2 Å². The lowest BCUT2D eigenvalue weighted by molar-refractivity contribution is 0.305. The van der Waals surface area contributed by atoms with E-state index in [1.807, 2.05) is 60.7 Å². The van der Waals surface area contributed by atoms with E-state index in [1.165, 1.54) is 12.2 Å². The molecule has 0 aliphatic rings. The van der Waals surface area contributed by atoms with E-state index in [-0.39, 0.29) is 0 Å². The summed E-state index contributed by atoms with van der Waals surface area (Å²) in [6, 6.07) is 33.1. The van der Waals surface area contributed by atoms with Gasteiger partial charge in [-0.25, -0.2) is 16.8 Å². The highest BCUT2D eigenvalue weighted by atomic mass is 32.3. The van der Waals surface area contributed by atoms with Crippen LogP contribution >= 0.6 is 0 Å². The fraction of sp³-hybridized carbons (Fsp3) is 0.0968. The number of ether oxygens (including phenoxy) is 2. The summed E-state index contributed by atoms with van der Waals surface area (Å²) in [5.74, 6) is 0.977. The lowest BCUT2D eigenvalue weighted by Gasteiger charge is -2.09. The Labute approximate surface area is 229 Å². The third-order valence-electron chi connectivity index (χ3n) is 5.55. The fourth-order valence-electron chi connectivity index (χ4n) is 3.63. The predicted molar refractivity (Wildman–Crippen MR) is 155 cm³/mol. The molecule has 200 valence electrons. The molecule has 0 bridgehead atoms. The number of benzene rings is 4. The zero-order valence-electron chi connectivity index (χ0n) is 21.1. The summed E-state index contributed by atoms with van der Waals surface area (Å²) in [6.45, 7) is 0.627. The van der Waals surface area contributed by atoms with Gasteiger partial charge in [-0.15, -0.1) is 0 Å². The van der Waals surface area contributed by atoms with Gasteiger partial charge in [0.05, 0.1) is 0 Å². The van der Waals surface area contributed by atoms with Crippen LogP contribution in [0, 0.1) is 0 Å². The highest BCUT2D eigenvalue weighted by molar-refractivity contribution is 8.10. The first-order chi connectivity index (χ1) is 18.8. The van der Waals surface area contributed by atoms with Crippen LogP contribution in [0.25, 0.3) is 12.2 Å². The first kappa shape index (κ1) is 27.9. The number of hydrogen-bond donors (Lipinski definition) is 0. The Balaban J connectivity index is 1.42. The van der Waals surface area contributed by atoms with Crippen LogP contribution in [0.1, 0.15) is 22.3 Å². The molecule has 0 amide bonds. The minimum Gasteiger partial charge on any atom is -0.488 e. The Morgan fingerprint density at radius 2 is 0.846 bits per heavy atom. The topological polar surface area (TPSA) is 86.7 Å². The van der Waals surface area contributed by atoms with Crippen molar-refractivity contribution in [3.63, 3.8) is 0 Å². The van der Waals surface area contributed by atoms with E-state index in [1.54, 1.807) is 48.5 Å². The van der Waals surface area contributed by atoms with Gasteiger partial charge in [-0.3, -0.25) is 0 Å². The molecule has 0 radical (unpaired) electrons. The molecule has 0 aliphatic carbocycles. The summed E-state index contributed by atoms with van der Waals surface area (Å²) in [4.78, 5) is 0. The standard InChI is InChI=1S/C31H28O6S2/c32-38(33,21-19-28-15-7-9-17-30(28)36-23-26-11-3-1-4-12-26)25-39(34,35)22-20-29-16-8-10-18-31(29)37-24-27-13-5-2-6-14-27/h1-22H,23-25H2/b21-19+,22-20+. The second-order valence-corrected chi connectivity index (χ2v) is 12.8. The Hall–Kier alpha value is -4.14. The monoisotopic (exact) mass is 560 g/mol. The van der Waals surface area contributed by atoms with Gasteiger partial charge >= 0.3 is 0 Å². The summed E-state index contributed by atoms with van der Waals surface area (Å²) >= 11 is 0. The van der Waals surface area contributed by atoms with Gasteiger partial charge in [-0.2, -0.15) is 0 Å². The van der Waals surface area contributed by atoms with E-state index in [2.05, 4.69) is 0 Å². The molecule has 0 saturated heterocycles. The largest absolute Gasteiger partial charge is 0.488 e. The molecule has 4 aromatic rings. The number of para-hydroxylation sites is 2. The van der Waals surface area contributed by atoms with Crippen molar-refractivity contribution in [1.82, 2.24) is 0 Å². The summed E-state index contributed by atoms with van der Waals surface area (Å²) < 4.78 is 62.4. The van der Waals surface area contributed by atoms with Gasteiger partial charge in [0.1, 0.15) is 24.7 Å². The summed E-state index contributed by atoms with van der Waals surface area (Å²) in [5, 5.41) is 0.743. The molecule has 4 rings (SSSR count). The van der Waals surface area contributed by atoms with Crippen molar-refractivity contribution in [3.8, 4) is 11.5 Å². The number of hydrogen-bond acceptors (Lipinski definition) is 6. The Bertz CT molecular complexity index is 1520. The van der Waals surface area contributed by atoms with Gasteiger partial charge in [0.2, 0.25) is 0 Å². The van der Waals surface area contributed by atoms with Crippen LogP contribution in [0.15, 0.2) is 120 Å². The summed E-state index contributed by atoms with van der Waals surface area (Å²) in [5.41, 5.74) is 2.98. The van der Waals surface area contributed by atoms with Crippen LogP contribution in [0.4, 0.5) is 0 Å². The van der Waals surface area contributed by atoms with Crippen molar-refractivity contribution < 1.29 is 26.3 Å². The van der Waals surface area contributed by atoms with Crippen LogP contribution in [0.2, 0.25) is 0 Å². The molecule has 0 spiro atoms. The fourth-order valence-corrected chi connectivity index (χ4v) is 6.80. The highest BCUT2D eigenvalue weighted by Crippen LogP contribution is 2.23. The molecule has 6 nitrogen and oxygen atoms in total. The van der Waals surface area contributed by atoms with Crippen LogP contribution in [-0.2, 0) is 32.9 Å². The zero-order valence-corrected chi connectivity index (χ0v) is 22.7. The van der Waals surface area contributed by atoms with Crippen LogP contribution in [-0.4, -0.2) is 21.9 Å².